The van der Waals surface area contributed by atoms with Crippen LogP contribution in [-0.2, 0) is 20.7 Å². The monoisotopic (exact) mass is 382 g/mol. The van der Waals surface area contributed by atoms with E-state index in [0.717, 1.165) is 16.5 Å². The van der Waals surface area contributed by atoms with E-state index in [1.165, 1.54) is 14.2 Å². The number of ether oxygens (including phenoxy) is 3. The fourth-order valence-corrected chi connectivity index (χ4v) is 2.97. The first-order valence-corrected chi connectivity index (χ1v) is 8.80. The first-order valence-electron chi connectivity index (χ1n) is 8.80. The maximum absolute atomic E-state index is 12.3. The van der Waals surface area contributed by atoms with Gasteiger partial charge in [0, 0.05) is 23.5 Å². The summed E-state index contributed by atoms with van der Waals surface area (Å²) in [5.74, 6) is 0.0297. The summed E-state index contributed by atoms with van der Waals surface area (Å²) in [5, 5.41) is 3.68. The van der Waals surface area contributed by atoms with E-state index < -0.39 is 17.9 Å². The van der Waals surface area contributed by atoms with Crippen LogP contribution in [0.15, 0.2) is 54.7 Å². The van der Waals surface area contributed by atoms with Gasteiger partial charge in [0.15, 0.2) is 18.1 Å². The molecule has 1 atom stereocenters. The summed E-state index contributed by atoms with van der Waals surface area (Å²) in [6.45, 7) is -0.248. The van der Waals surface area contributed by atoms with Gasteiger partial charge in [0.2, 0.25) is 0 Å². The highest BCUT2D eigenvalue weighted by molar-refractivity contribution is 5.87. The van der Waals surface area contributed by atoms with Crippen molar-refractivity contribution in [1.29, 1.82) is 0 Å². The Morgan fingerprint density at radius 3 is 2.50 bits per heavy atom. The normalized spacial score (nSPS) is 11.6. The quantitative estimate of drug-likeness (QED) is 0.584. The minimum Gasteiger partial charge on any atom is -0.493 e. The van der Waals surface area contributed by atoms with Gasteiger partial charge in [-0.3, -0.25) is 4.79 Å². The van der Waals surface area contributed by atoms with Gasteiger partial charge < -0.3 is 24.5 Å². The van der Waals surface area contributed by atoms with Crippen molar-refractivity contribution in [3.8, 4) is 11.5 Å². The van der Waals surface area contributed by atoms with Gasteiger partial charge in [-0.25, -0.2) is 4.79 Å². The molecular weight excluding hydrogens is 360 g/mol. The molecular formula is C21H22N2O5. The predicted molar refractivity (Wildman–Crippen MR) is 104 cm³/mol. The summed E-state index contributed by atoms with van der Waals surface area (Å²) in [5.41, 5.74) is 1.88. The van der Waals surface area contributed by atoms with Crippen LogP contribution in [0, 0.1) is 0 Å². The maximum Gasteiger partial charge on any atom is 0.328 e. The zero-order chi connectivity index (χ0) is 19.9. The summed E-state index contributed by atoms with van der Waals surface area (Å²) in [6, 6.07) is 14.0. The molecule has 7 nitrogen and oxygen atoms in total. The Bertz CT molecular complexity index is 966. The lowest BCUT2D eigenvalue weighted by atomic mass is 10.0. The summed E-state index contributed by atoms with van der Waals surface area (Å²) >= 11 is 0. The van der Waals surface area contributed by atoms with Gasteiger partial charge in [0.1, 0.15) is 6.04 Å². The number of methoxy groups -OCH3 is 2. The second kappa shape index (κ2) is 8.94. The first-order chi connectivity index (χ1) is 13.6. The highest BCUT2D eigenvalue weighted by atomic mass is 16.5. The molecule has 146 valence electrons. The number of carbonyl (C=O) groups excluding carboxylic acids is 2. The minimum atomic E-state index is -0.821. The van der Waals surface area contributed by atoms with Crippen LogP contribution >= 0.6 is 0 Å². The average molecular weight is 382 g/mol. The van der Waals surface area contributed by atoms with Gasteiger partial charge in [-0.15, -0.1) is 0 Å². The SMILES string of the molecule is COC(=O)[C@@H](Cc1c[nH]c2ccccc12)NC(=O)COc1ccccc1OC. The molecule has 7 heteroatoms. The summed E-state index contributed by atoms with van der Waals surface area (Å²) in [6.07, 6.45) is 2.13. The van der Waals surface area contributed by atoms with E-state index in [2.05, 4.69) is 10.3 Å². The molecule has 2 aromatic carbocycles. The molecule has 2 N–H and O–H groups in total. The number of nitrogens with one attached hydrogen (secondary N) is 2. The van der Waals surface area contributed by atoms with Gasteiger partial charge in [0.05, 0.1) is 14.2 Å². The molecule has 0 radical (unpaired) electrons. The van der Waals surface area contributed by atoms with Gasteiger partial charge in [-0.1, -0.05) is 30.3 Å². The van der Waals surface area contributed by atoms with Crippen LogP contribution in [0.25, 0.3) is 10.9 Å². The third-order valence-corrected chi connectivity index (χ3v) is 4.35. The van der Waals surface area contributed by atoms with Crippen LogP contribution in [-0.4, -0.2) is 43.7 Å². The van der Waals surface area contributed by atoms with Gasteiger partial charge in [0.25, 0.3) is 5.91 Å². The van der Waals surface area contributed by atoms with Crippen molar-refractivity contribution in [2.75, 3.05) is 20.8 Å². The molecule has 28 heavy (non-hydrogen) atoms. The fourth-order valence-electron chi connectivity index (χ4n) is 2.97. The zero-order valence-electron chi connectivity index (χ0n) is 15.7. The highest BCUT2D eigenvalue weighted by Gasteiger charge is 2.23. The number of H-pyrrole nitrogens is 1. The second-order valence-electron chi connectivity index (χ2n) is 6.15. The Labute approximate surface area is 162 Å². The number of esters is 1. The molecule has 1 aromatic heterocycles. The van der Waals surface area contributed by atoms with E-state index in [1.807, 2.05) is 30.5 Å². The lowest BCUT2D eigenvalue weighted by Crippen LogP contribution is -2.44. The Kier molecular flexibility index (Phi) is 6.16. The summed E-state index contributed by atoms with van der Waals surface area (Å²) < 4.78 is 15.6. The van der Waals surface area contributed by atoms with E-state index in [-0.39, 0.29) is 6.61 Å². The molecule has 0 fully saturated rings. The van der Waals surface area contributed by atoms with Crippen LogP contribution in [0.2, 0.25) is 0 Å². The lowest BCUT2D eigenvalue weighted by Gasteiger charge is -2.17. The lowest BCUT2D eigenvalue weighted by molar-refractivity contribution is -0.145. The standard InChI is InChI=1S/C21H22N2O5/c1-26-18-9-5-6-10-19(18)28-13-20(24)23-17(21(25)27-2)11-14-12-22-16-8-4-3-7-15(14)16/h3-10,12,17,22H,11,13H2,1-2H3,(H,23,24)/t17-/m1/s1. The maximum atomic E-state index is 12.3. The molecule has 0 saturated heterocycles. The van der Waals surface area contributed by atoms with Crippen molar-refractivity contribution in [2.24, 2.45) is 0 Å². The molecule has 3 aromatic rings. The van der Waals surface area contributed by atoms with E-state index in [9.17, 15) is 9.59 Å². The van der Waals surface area contributed by atoms with Crippen molar-refractivity contribution in [1.82, 2.24) is 10.3 Å². The topological polar surface area (TPSA) is 89.7 Å². The highest BCUT2D eigenvalue weighted by Crippen LogP contribution is 2.25. The molecule has 0 saturated carbocycles. The summed E-state index contributed by atoms with van der Waals surface area (Å²) in [4.78, 5) is 27.7. The molecule has 0 spiro atoms. The number of aromatic amines is 1. The van der Waals surface area contributed by atoms with Gasteiger partial charge in [-0.2, -0.15) is 0 Å². The number of amides is 1. The molecule has 0 aliphatic carbocycles. The van der Waals surface area contributed by atoms with Crippen LogP contribution in [0.4, 0.5) is 0 Å². The molecule has 0 unspecified atom stereocenters. The van der Waals surface area contributed by atoms with Crippen molar-refractivity contribution in [3.05, 3.63) is 60.3 Å². The van der Waals surface area contributed by atoms with Crippen LogP contribution in [0.5, 0.6) is 11.5 Å². The van der Waals surface area contributed by atoms with E-state index in [4.69, 9.17) is 14.2 Å². The smallest absolute Gasteiger partial charge is 0.328 e. The largest absolute Gasteiger partial charge is 0.493 e. The number of hydrogen-bond donors (Lipinski definition) is 2. The van der Waals surface area contributed by atoms with Crippen molar-refractivity contribution >= 4 is 22.8 Å². The Hall–Kier alpha value is -3.48. The number of hydrogen-bond acceptors (Lipinski definition) is 5. The van der Waals surface area contributed by atoms with Crippen molar-refractivity contribution < 1.29 is 23.8 Å². The number of rotatable bonds is 8. The Balaban J connectivity index is 1.67. The summed E-state index contributed by atoms with van der Waals surface area (Å²) in [7, 11) is 2.82. The van der Waals surface area contributed by atoms with Crippen molar-refractivity contribution in [2.45, 2.75) is 12.5 Å². The third-order valence-electron chi connectivity index (χ3n) is 4.35. The van der Waals surface area contributed by atoms with E-state index in [0.29, 0.717) is 17.9 Å². The third kappa shape index (κ3) is 4.43. The van der Waals surface area contributed by atoms with Crippen molar-refractivity contribution in [3.63, 3.8) is 0 Å². The second-order valence-corrected chi connectivity index (χ2v) is 6.15. The Morgan fingerprint density at radius 2 is 1.75 bits per heavy atom. The molecule has 3 rings (SSSR count). The average Bonchev–Trinajstić information content (AvgIpc) is 3.14. The number of fused-ring (bicyclic) bond motifs is 1. The fraction of sp³-hybridized carbons (Fsp3) is 0.238. The van der Waals surface area contributed by atoms with Crippen LogP contribution in [0.3, 0.4) is 0 Å². The van der Waals surface area contributed by atoms with E-state index >= 15 is 0 Å². The molecule has 0 aliphatic heterocycles. The molecule has 0 aliphatic rings. The van der Waals surface area contributed by atoms with Crippen LogP contribution in [0.1, 0.15) is 5.56 Å². The zero-order valence-corrected chi connectivity index (χ0v) is 15.7. The molecule has 1 amide bonds. The van der Waals surface area contributed by atoms with E-state index in [1.54, 1.807) is 24.3 Å². The predicted octanol–water partition coefficient (Wildman–Crippen LogP) is 2.46. The number of aromatic nitrogens is 1. The number of carbonyl (C=O) groups is 2. The Morgan fingerprint density at radius 1 is 1.04 bits per heavy atom. The number of para-hydroxylation sites is 3. The van der Waals surface area contributed by atoms with Gasteiger partial charge >= 0.3 is 5.97 Å². The molecule has 1 heterocycles. The minimum absolute atomic E-state index is 0.248. The molecule has 0 bridgehead atoms. The number of benzene rings is 2. The van der Waals surface area contributed by atoms with Crippen LogP contribution < -0.4 is 14.8 Å². The first kappa shape index (κ1) is 19.3. The van der Waals surface area contributed by atoms with Gasteiger partial charge in [-0.05, 0) is 23.8 Å².